The largest absolute Gasteiger partial charge is 0.351 e. The zero-order valence-electron chi connectivity index (χ0n) is 12.8. The third-order valence-corrected chi connectivity index (χ3v) is 5.42. The van der Waals surface area contributed by atoms with E-state index in [1.54, 1.807) is 0 Å². The SMILES string of the molecule is CCC(C)(C)NC(=O)C1C2CC1CN(C(=O)C1CC1)C2. The molecule has 2 aliphatic carbocycles. The number of amides is 2. The van der Waals surface area contributed by atoms with Crippen LogP contribution in [0.5, 0.6) is 0 Å². The highest BCUT2D eigenvalue weighted by Gasteiger charge is 2.52. The van der Waals surface area contributed by atoms with Crippen molar-refractivity contribution < 1.29 is 9.59 Å². The van der Waals surface area contributed by atoms with Gasteiger partial charge in [0.15, 0.2) is 0 Å². The molecule has 2 heterocycles. The quantitative estimate of drug-likeness (QED) is 0.852. The molecule has 2 aliphatic heterocycles. The minimum absolute atomic E-state index is 0.121. The van der Waals surface area contributed by atoms with Gasteiger partial charge in [-0.1, -0.05) is 6.92 Å². The molecule has 0 spiro atoms. The fourth-order valence-corrected chi connectivity index (χ4v) is 3.59. The summed E-state index contributed by atoms with van der Waals surface area (Å²) in [5, 5.41) is 3.17. The zero-order chi connectivity index (χ0) is 14.5. The molecule has 112 valence electrons. The summed E-state index contributed by atoms with van der Waals surface area (Å²) in [6.07, 6.45) is 4.20. The molecule has 0 aromatic rings. The van der Waals surface area contributed by atoms with E-state index < -0.39 is 0 Å². The maximum Gasteiger partial charge on any atom is 0.225 e. The average molecular weight is 278 g/mol. The number of piperidine rings is 2. The van der Waals surface area contributed by atoms with Crippen molar-refractivity contribution in [2.45, 2.75) is 52.0 Å². The van der Waals surface area contributed by atoms with E-state index in [0.29, 0.717) is 23.7 Å². The summed E-state index contributed by atoms with van der Waals surface area (Å²) < 4.78 is 0. The first-order valence-electron chi connectivity index (χ1n) is 8.02. The number of rotatable bonds is 4. The second kappa shape index (κ2) is 4.74. The topological polar surface area (TPSA) is 49.4 Å². The molecule has 0 aromatic carbocycles. The molecule has 2 saturated carbocycles. The number of carbonyl (C=O) groups excluding carboxylic acids is 2. The fourth-order valence-electron chi connectivity index (χ4n) is 3.59. The van der Waals surface area contributed by atoms with Gasteiger partial charge >= 0.3 is 0 Å². The summed E-state index contributed by atoms with van der Waals surface area (Å²) in [5.74, 6) is 1.78. The number of fused-ring (bicyclic) bond motifs is 2. The Morgan fingerprint density at radius 3 is 2.30 bits per heavy atom. The van der Waals surface area contributed by atoms with Crippen LogP contribution in [-0.4, -0.2) is 35.3 Å². The van der Waals surface area contributed by atoms with Crippen molar-refractivity contribution in [3.8, 4) is 0 Å². The molecule has 4 rings (SSSR count). The van der Waals surface area contributed by atoms with E-state index >= 15 is 0 Å². The van der Waals surface area contributed by atoms with Gasteiger partial charge in [0.25, 0.3) is 0 Å². The lowest BCUT2D eigenvalue weighted by molar-refractivity contribution is -0.154. The van der Waals surface area contributed by atoms with Crippen LogP contribution in [0, 0.1) is 23.7 Å². The highest BCUT2D eigenvalue weighted by molar-refractivity contribution is 5.84. The van der Waals surface area contributed by atoms with Crippen molar-refractivity contribution in [3.05, 3.63) is 0 Å². The van der Waals surface area contributed by atoms with Crippen LogP contribution in [0.4, 0.5) is 0 Å². The van der Waals surface area contributed by atoms with E-state index in [0.717, 1.165) is 38.8 Å². The van der Waals surface area contributed by atoms with Crippen molar-refractivity contribution >= 4 is 11.8 Å². The molecule has 2 bridgehead atoms. The van der Waals surface area contributed by atoms with Crippen LogP contribution < -0.4 is 5.32 Å². The molecule has 0 aromatic heterocycles. The minimum Gasteiger partial charge on any atom is -0.351 e. The Morgan fingerprint density at radius 1 is 1.20 bits per heavy atom. The smallest absolute Gasteiger partial charge is 0.225 e. The summed E-state index contributed by atoms with van der Waals surface area (Å²) in [6, 6.07) is 0. The van der Waals surface area contributed by atoms with Gasteiger partial charge in [-0.05, 0) is 51.4 Å². The predicted octanol–water partition coefficient (Wildman–Crippen LogP) is 1.80. The molecule has 2 atom stereocenters. The Balaban J connectivity index is 1.57. The Kier molecular flexibility index (Phi) is 3.30. The first-order valence-corrected chi connectivity index (χ1v) is 8.02. The third-order valence-electron chi connectivity index (χ3n) is 5.42. The number of nitrogens with one attached hydrogen (secondary N) is 1. The van der Waals surface area contributed by atoms with Crippen molar-refractivity contribution in [1.29, 1.82) is 0 Å². The normalized spacial score (nSPS) is 32.5. The van der Waals surface area contributed by atoms with Crippen LogP contribution in [0.15, 0.2) is 0 Å². The van der Waals surface area contributed by atoms with Gasteiger partial charge in [0, 0.05) is 30.5 Å². The van der Waals surface area contributed by atoms with E-state index in [1.807, 2.05) is 4.90 Å². The summed E-state index contributed by atoms with van der Waals surface area (Å²) in [7, 11) is 0. The molecule has 4 aliphatic rings. The third kappa shape index (κ3) is 2.45. The molecule has 20 heavy (non-hydrogen) atoms. The Bertz CT molecular complexity index is 416. The Morgan fingerprint density at radius 2 is 1.80 bits per heavy atom. The van der Waals surface area contributed by atoms with Crippen molar-refractivity contribution in [2.24, 2.45) is 23.7 Å². The van der Waals surface area contributed by atoms with E-state index in [2.05, 4.69) is 26.1 Å². The van der Waals surface area contributed by atoms with Gasteiger partial charge in [-0.25, -0.2) is 0 Å². The molecular formula is C16H26N2O2. The first kappa shape index (κ1) is 13.9. The van der Waals surface area contributed by atoms with E-state index in [1.165, 1.54) is 0 Å². The Hall–Kier alpha value is -1.06. The Labute approximate surface area is 121 Å². The van der Waals surface area contributed by atoms with Gasteiger partial charge in [0.2, 0.25) is 11.8 Å². The number of nitrogens with zero attached hydrogens (tertiary/aromatic N) is 1. The standard InChI is InChI=1S/C16H26N2O2/c1-4-16(2,3)17-14(19)13-11-7-12(13)9-18(8-11)15(20)10-5-6-10/h10-13H,4-9H2,1-3H3,(H,17,19). The van der Waals surface area contributed by atoms with E-state index in [9.17, 15) is 9.59 Å². The fraction of sp³-hybridized carbons (Fsp3) is 0.875. The average Bonchev–Trinajstić information content (AvgIpc) is 3.21. The molecule has 2 amide bonds. The van der Waals surface area contributed by atoms with Crippen molar-refractivity contribution in [1.82, 2.24) is 10.2 Å². The molecule has 1 N–H and O–H groups in total. The van der Waals surface area contributed by atoms with E-state index in [-0.39, 0.29) is 17.4 Å². The van der Waals surface area contributed by atoms with Crippen LogP contribution in [0.3, 0.4) is 0 Å². The van der Waals surface area contributed by atoms with Crippen LogP contribution in [0.2, 0.25) is 0 Å². The van der Waals surface area contributed by atoms with Crippen molar-refractivity contribution in [3.63, 3.8) is 0 Å². The van der Waals surface area contributed by atoms with Crippen LogP contribution in [0.25, 0.3) is 0 Å². The second-order valence-electron chi connectivity index (χ2n) is 7.53. The van der Waals surface area contributed by atoms with Gasteiger partial charge in [0.05, 0.1) is 0 Å². The summed E-state index contributed by atoms with van der Waals surface area (Å²) in [4.78, 5) is 26.5. The lowest BCUT2D eigenvalue weighted by Crippen LogP contribution is -2.62. The molecule has 0 radical (unpaired) electrons. The molecule has 4 fully saturated rings. The van der Waals surface area contributed by atoms with Gasteiger partial charge in [0.1, 0.15) is 0 Å². The van der Waals surface area contributed by atoms with Gasteiger partial charge in [-0.3, -0.25) is 9.59 Å². The van der Waals surface area contributed by atoms with Gasteiger partial charge in [-0.15, -0.1) is 0 Å². The van der Waals surface area contributed by atoms with Crippen LogP contribution in [0.1, 0.15) is 46.5 Å². The molecule has 2 unspecified atom stereocenters. The van der Waals surface area contributed by atoms with Crippen LogP contribution in [-0.2, 0) is 9.59 Å². The second-order valence-corrected chi connectivity index (χ2v) is 7.53. The predicted molar refractivity (Wildman–Crippen MR) is 76.9 cm³/mol. The molecule has 4 nitrogen and oxygen atoms in total. The lowest BCUT2D eigenvalue weighted by atomic mass is 9.61. The molecular weight excluding hydrogens is 252 g/mol. The minimum atomic E-state index is -0.121. The lowest BCUT2D eigenvalue weighted by Gasteiger charge is -2.53. The number of hydrogen-bond acceptors (Lipinski definition) is 2. The van der Waals surface area contributed by atoms with E-state index in [4.69, 9.17) is 0 Å². The van der Waals surface area contributed by atoms with Gasteiger partial charge in [-0.2, -0.15) is 0 Å². The highest BCUT2D eigenvalue weighted by atomic mass is 16.2. The van der Waals surface area contributed by atoms with Crippen molar-refractivity contribution in [2.75, 3.05) is 13.1 Å². The van der Waals surface area contributed by atoms with Crippen LogP contribution >= 0.6 is 0 Å². The molecule has 2 saturated heterocycles. The zero-order valence-corrected chi connectivity index (χ0v) is 12.8. The summed E-state index contributed by atoms with van der Waals surface area (Å²) in [6.45, 7) is 7.84. The molecule has 4 heteroatoms. The monoisotopic (exact) mass is 278 g/mol. The number of hydrogen-bond donors (Lipinski definition) is 1. The number of carbonyl (C=O) groups is 2. The van der Waals surface area contributed by atoms with Gasteiger partial charge < -0.3 is 10.2 Å². The maximum atomic E-state index is 12.4. The highest BCUT2D eigenvalue weighted by Crippen LogP contribution is 2.47. The summed E-state index contributed by atoms with van der Waals surface area (Å²) in [5.41, 5.74) is -0.121. The summed E-state index contributed by atoms with van der Waals surface area (Å²) >= 11 is 0. The maximum absolute atomic E-state index is 12.4. The first-order chi connectivity index (χ1) is 9.41.